The van der Waals surface area contributed by atoms with Crippen molar-refractivity contribution in [1.82, 2.24) is 4.98 Å². The van der Waals surface area contributed by atoms with Crippen molar-refractivity contribution in [2.24, 2.45) is 0 Å². The molecule has 0 N–H and O–H groups in total. The fourth-order valence-corrected chi connectivity index (χ4v) is 3.93. The molecule has 38 heavy (non-hydrogen) atoms. The number of ether oxygens (including phenoxy) is 4. The molecule has 1 aromatic heterocycles. The van der Waals surface area contributed by atoms with E-state index in [9.17, 15) is 18.0 Å². The third-order valence-electron chi connectivity index (χ3n) is 6.03. The Balaban J connectivity index is 1.45. The van der Waals surface area contributed by atoms with Crippen LogP contribution in [0.1, 0.15) is 56.4 Å². The average molecular weight is 530 g/mol. The SMILES string of the molecule is CCOC(=O)C(C)(C)Oc1ccc(OCc2ccc(-c3ccc(OC(F)(F)F)cc3)nc2C2CC2)cc1C. The Bertz CT molecular complexity index is 1280. The van der Waals surface area contributed by atoms with E-state index in [1.807, 2.05) is 25.1 Å². The van der Waals surface area contributed by atoms with Crippen molar-refractivity contribution in [3.63, 3.8) is 0 Å². The van der Waals surface area contributed by atoms with Crippen molar-refractivity contribution in [3.05, 3.63) is 71.4 Å². The molecule has 0 atom stereocenters. The first-order chi connectivity index (χ1) is 17.9. The highest BCUT2D eigenvalue weighted by Gasteiger charge is 2.33. The van der Waals surface area contributed by atoms with Crippen LogP contribution in [0.3, 0.4) is 0 Å². The van der Waals surface area contributed by atoms with Crippen molar-refractivity contribution >= 4 is 5.97 Å². The largest absolute Gasteiger partial charge is 0.573 e. The molecule has 202 valence electrons. The Hall–Kier alpha value is -3.75. The number of pyridine rings is 1. The summed E-state index contributed by atoms with van der Waals surface area (Å²) < 4.78 is 58.3. The monoisotopic (exact) mass is 529 g/mol. The number of carbonyl (C=O) groups is 1. The molecule has 0 radical (unpaired) electrons. The van der Waals surface area contributed by atoms with Crippen molar-refractivity contribution in [3.8, 4) is 28.5 Å². The fourth-order valence-electron chi connectivity index (χ4n) is 3.93. The van der Waals surface area contributed by atoms with Crippen LogP contribution >= 0.6 is 0 Å². The smallest absolute Gasteiger partial charge is 0.489 e. The van der Waals surface area contributed by atoms with Crippen molar-refractivity contribution < 1.29 is 36.9 Å². The van der Waals surface area contributed by atoms with Crippen LogP contribution in [0.2, 0.25) is 0 Å². The lowest BCUT2D eigenvalue weighted by atomic mass is 10.1. The zero-order valence-electron chi connectivity index (χ0n) is 21.7. The summed E-state index contributed by atoms with van der Waals surface area (Å²) in [6, 6.07) is 14.9. The van der Waals surface area contributed by atoms with E-state index >= 15 is 0 Å². The molecule has 0 unspecified atom stereocenters. The maximum Gasteiger partial charge on any atom is 0.573 e. The van der Waals surface area contributed by atoms with Gasteiger partial charge >= 0.3 is 12.3 Å². The Morgan fingerprint density at radius 2 is 1.66 bits per heavy atom. The number of halogens is 3. The first-order valence-corrected chi connectivity index (χ1v) is 12.4. The van der Waals surface area contributed by atoms with Gasteiger partial charge in [-0.25, -0.2) is 4.79 Å². The van der Waals surface area contributed by atoms with Gasteiger partial charge in [-0.1, -0.05) is 6.07 Å². The number of hydrogen-bond donors (Lipinski definition) is 0. The Kier molecular flexibility index (Phi) is 7.85. The molecule has 1 aliphatic carbocycles. The van der Waals surface area contributed by atoms with Gasteiger partial charge in [0.25, 0.3) is 0 Å². The summed E-state index contributed by atoms with van der Waals surface area (Å²) in [5.41, 5.74) is 2.96. The zero-order chi connectivity index (χ0) is 27.5. The van der Waals surface area contributed by atoms with E-state index in [0.29, 0.717) is 35.3 Å². The Morgan fingerprint density at radius 1 is 0.974 bits per heavy atom. The van der Waals surface area contributed by atoms with E-state index in [4.69, 9.17) is 19.2 Å². The van der Waals surface area contributed by atoms with E-state index in [1.165, 1.54) is 12.1 Å². The third kappa shape index (κ3) is 6.96. The van der Waals surface area contributed by atoms with Gasteiger partial charge in [-0.05, 0) is 94.6 Å². The summed E-state index contributed by atoms with van der Waals surface area (Å²) in [7, 11) is 0. The molecule has 9 heteroatoms. The average Bonchev–Trinajstić information content (AvgIpc) is 3.69. The van der Waals surface area contributed by atoms with Crippen LogP contribution in [0.25, 0.3) is 11.3 Å². The van der Waals surface area contributed by atoms with Gasteiger partial charge in [-0.2, -0.15) is 0 Å². The van der Waals surface area contributed by atoms with Crippen LogP contribution in [0.5, 0.6) is 17.2 Å². The highest BCUT2D eigenvalue weighted by atomic mass is 19.4. The van der Waals surface area contributed by atoms with Gasteiger partial charge in [0.05, 0.1) is 18.0 Å². The standard InChI is InChI=1S/C29H30F3NO5/c1-5-35-27(34)28(3,4)38-25-15-13-23(16-18(25)2)36-17-21-10-14-24(33-26(21)20-6-7-20)19-8-11-22(12-9-19)37-29(30,31)32/h8-16,20H,5-7,17H2,1-4H3. The molecule has 0 saturated heterocycles. The van der Waals surface area contributed by atoms with Crippen LogP contribution in [-0.4, -0.2) is 29.5 Å². The van der Waals surface area contributed by atoms with Crippen molar-refractivity contribution in [2.75, 3.05) is 6.61 Å². The summed E-state index contributed by atoms with van der Waals surface area (Å²) in [5.74, 6) is 0.837. The summed E-state index contributed by atoms with van der Waals surface area (Å²) in [5, 5.41) is 0. The van der Waals surface area contributed by atoms with Gasteiger partial charge in [0.15, 0.2) is 5.60 Å². The first kappa shape index (κ1) is 27.3. The van der Waals surface area contributed by atoms with E-state index in [-0.39, 0.29) is 12.4 Å². The summed E-state index contributed by atoms with van der Waals surface area (Å²) in [4.78, 5) is 17.0. The molecular weight excluding hydrogens is 499 g/mol. The molecular formula is C29H30F3NO5. The number of alkyl halides is 3. The maximum atomic E-state index is 12.4. The third-order valence-corrected chi connectivity index (χ3v) is 6.03. The summed E-state index contributed by atoms with van der Waals surface area (Å²) in [6.45, 7) is 7.54. The molecule has 0 amide bonds. The van der Waals surface area contributed by atoms with E-state index in [0.717, 1.165) is 29.7 Å². The lowest BCUT2D eigenvalue weighted by molar-refractivity contribution is -0.274. The second-order valence-corrected chi connectivity index (χ2v) is 9.64. The molecule has 2 aromatic carbocycles. The number of rotatable bonds is 10. The van der Waals surface area contributed by atoms with E-state index < -0.39 is 17.9 Å². The number of aryl methyl sites for hydroxylation is 1. The topological polar surface area (TPSA) is 66.9 Å². The zero-order valence-corrected chi connectivity index (χ0v) is 21.7. The van der Waals surface area contributed by atoms with Crippen molar-refractivity contribution in [2.45, 2.75) is 65.0 Å². The number of esters is 1. The lowest BCUT2D eigenvalue weighted by Gasteiger charge is -2.25. The highest BCUT2D eigenvalue weighted by Crippen LogP contribution is 2.42. The second kappa shape index (κ2) is 10.9. The quantitative estimate of drug-likeness (QED) is 0.260. The van der Waals surface area contributed by atoms with Gasteiger partial charge in [-0.3, -0.25) is 4.98 Å². The van der Waals surface area contributed by atoms with Crippen molar-refractivity contribution in [1.29, 1.82) is 0 Å². The molecule has 4 rings (SSSR count). The molecule has 0 aliphatic heterocycles. The van der Waals surface area contributed by atoms with E-state index in [2.05, 4.69) is 4.74 Å². The Morgan fingerprint density at radius 3 is 2.26 bits per heavy atom. The minimum Gasteiger partial charge on any atom is -0.489 e. The van der Waals surface area contributed by atoms with Crippen LogP contribution in [0, 0.1) is 6.92 Å². The second-order valence-electron chi connectivity index (χ2n) is 9.64. The molecule has 6 nitrogen and oxygen atoms in total. The number of benzene rings is 2. The van der Waals surface area contributed by atoms with Gasteiger partial charge in [0.2, 0.25) is 0 Å². The molecule has 1 fully saturated rings. The van der Waals surface area contributed by atoms with Crippen LogP contribution < -0.4 is 14.2 Å². The van der Waals surface area contributed by atoms with Gasteiger partial charge in [0.1, 0.15) is 23.9 Å². The number of carbonyl (C=O) groups excluding carboxylic acids is 1. The predicted molar refractivity (Wildman–Crippen MR) is 135 cm³/mol. The molecule has 1 heterocycles. The first-order valence-electron chi connectivity index (χ1n) is 12.4. The number of aromatic nitrogens is 1. The minimum atomic E-state index is -4.73. The van der Waals surface area contributed by atoms with Gasteiger partial charge < -0.3 is 18.9 Å². The van der Waals surface area contributed by atoms with Crippen LogP contribution in [0.4, 0.5) is 13.2 Å². The van der Waals surface area contributed by atoms with E-state index in [1.54, 1.807) is 45.0 Å². The van der Waals surface area contributed by atoms with Gasteiger partial charge in [-0.15, -0.1) is 13.2 Å². The molecule has 3 aromatic rings. The number of nitrogens with zero attached hydrogens (tertiary/aromatic N) is 1. The molecule has 1 aliphatic rings. The fraction of sp³-hybridized carbons (Fsp3) is 0.379. The lowest BCUT2D eigenvalue weighted by Crippen LogP contribution is -2.39. The summed E-state index contributed by atoms with van der Waals surface area (Å²) >= 11 is 0. The molecule has 1 saturated carbocycles. The number of hydrogen-bond acceptors (Lipinski definition) is 6. The maximum absolute atomic E-state index is 12.4. The summed E-state index contributed by atoms with van der Waals surface area (Å²) in [6.07, 6.45) is -2.67. The molecule has 0 bridgehead atoms. The Labute approximate surface area is 219 Å². The highest BCUT2D eigenvalue weighted by molar-refractivity contribution is 5.79. The van der Waals surface area contributed by atoms with Gasteiger partial charge in [0, 0.05) is 17.0 Å². The predicted octanol–water partition coefficient (Wildman–Crippen LogP) is 7.13. The molecule has 0 spiro atoms. The van der Waals surface area contributed by atoms with Crippen LogP contribution in [-0.2, 0) is 16.1 Å². The minimum absolute atomic E-state index is 0.273. The van der Waals surface area contributed by atoms with Crippen LogP contribution in [0.15, 0.2) is 54.6 Å². The normalized spacial score (nSPS) is 13.7.